The van der Waals surface area contributed by atoms with Crippen molar-refractivity contribution < 1.29 is 29.9 Å². The molecule has 0 saturated carbocycles. The summed E-state index contributed by atoms with van der Waals surface area (Å²) >= 11 is 0. The smallest absolute Gasteiger partial charge is 0.208 e. The first-order chi connectivity index (χ1) is 21.3. The molecule has 0 aliphatic rings. The summed E-state index contributed by atoms with van der Waals surface area (Å²) in [5, 5.41) is 61.0. The molecule has 9 aromatic rings. The highest BCUT2D eigenvalue weighted by Gasteiger charge is 2.29. The minimum absolute atomic E-state index is 0.235. The first-order valence-corrected chi connectivity index (χ1v) is 14.2. The van der Waals surface area contributed by atoms with Gasteiger partial charge < -0.3 is 34.5 Å². The van der Waals surface area contributed by atoms with Gasteiger partial charge in [-0.15, -0.1) is 0 Å². The highest BCUT2D eigenvalue weighted by atomic mass is 16.4. The summed E-state index contributed by atoms with van der Waals surface area (Å²) in [6.45, 7) is 2.08. The van der Waals surface area contributed by atoms with Gasteiger partial charge in [-0.05, 0) is 70.1 Å². The predicted molar refractivity (Wildman–Crippen MR) is 173 cm³/mol. The molecule has 0 spiro atoms. The van der Waals surface area contributed by atoms with Crippen LogP contribution in [0.4, 0.5) is 0 Å². The Morgan fingerprint density at radius 3 is 1.95 bits per heavy atom. The van der Waals surface area contributed by atoms with E-state index >= 15 is 0 Å². The lowest BCUT2D eigenvalue weighted by molar-refractivity contribution is 0.327. The summed E-state index contributed by atoms with van der Waals surface area (Å²) in [7, 11) is 0. The van der Waals surface area contributed by atoms with Crippen molar-refractivity contribution in [2.24, 2.45) is 0 Å². The summed E-state index contributed by atoms with van der Waals surface area (Å²) in [6.07, 6.45) is 0. The molecule has 0 saturated heterocycles. The molecule has 212 valence electrons. The average molecular weight is 578 g/mol. The molecule has 0 atom stereocenters. The number of phenolic OH excluding ortho intramolecular Hbond substituents is 5. The third kappa shape index (κ3) is 2.90. The van der Waals surface area contributed by atoms with Crippen molar-refractivity contribution in [3.05, 3.63) is 96.6 Å². The molecule has 0 radical (unpaired) electrons. The molecule has 9 rings (SSSR count). The van der Waals surface area contributed by atoms with E-state index in [1.165, 1.54) is 0 Å². The third-order valence-electron chi connectivity index (χ3n) is 9.03. The van der Waals surface area contributed by atoms with E-state index in [0.717, 1.165) is 70.9 Å². The highest BCUT2D eigenvalue weighted by Crippen LogP contribution is 2.55. The van der Waals surface area contributed by atoms with E-state index in [0.29, 0.717) is 11.0 Å². The van der Waals surface area contributed by atoms with Crippen LogP contribution in [-0.2, 0) is 0 Å². The van der Waals surface area contributed by atoms with E-state index in [2.05, 4.69) is 37.3 Å². The summed E-state index contributed by atoms with van der Waals surface area (Å²) < 4.78 is 7.79. The van der Waals surface area contributed by atoms with Crippen LogP contribution in [0.15, 0.2) is 95.4 Å². The van der Waals surface area contributed by atoms with Crippen LogP contribution in [0.1, 0.15) is 5.56 Å². The molecule has 2 heterocycles. The molecule has 44 heavy (non-hydrogen) atoms. The maximum atomic E-state index is 11.0. The molecule has 0 fully saturated rings. The molecule has 0 bridgehead atoms. The van der Waals surface area contributed by atoms with Crippen LogP contribution in [0.3, 0.4) is 0 Å². The number of hydrogen-bond donors (Lipinski definition) is 5. The number of fused-ring (bicyclic) bond motifs is 6. The topological polar surface area (TPSA) is 119 Å². The molecule has 5 N–H and O–H groups in total. The molecular weight excluding hydrogens is 554 g/mol. The van der Waals surface area contributed by atoms with Crippen LogP contribution in [0.5, 0.6) is 28.7 Å². The fourth-order valence-corrected chi connectivity index (χ4v) is 7.13. The molecule has 0 aliphatic carbocycles. The Balaban J connectivity index is 1.48. The first-order valence-electron chi connectivity index (χ1n) is 14.2. The van der Waals surface area contributed by atoms with E-state index in [-0.39, 0.29) is 5.69 Å². The molecule has 2 aromatic heterocycles. The minimum Gasteiger partial charge on any atom is -0.503 e. The number of hydrogen-bond acceptors (Lipinski definition) is 6. The zero-order valence-electron chi connectivity index (χ0n) is 23.3. The molecule has 7 heteroatoms. The number of benzene rings is 7. The Hall–Kier alpha value is -6.08. The lowest BCUT2D eigenvalue weighted by Gasteiger charge is -2.15. The Morgan fingerprint density at radius 1 is 0.500 bits per heavy atom. The zero-order valence-corrected chi connectivity index (χ0v) is 23.3. The molecular formula is C37H23NO6. The maximum absolute atomic E-state index is 11.0. The van der Waals surface area contributed by atoms with Gasteiger partial charge in [0.05, 0.1) is 11.0 Å². The number of phenols is 5. The van der Waals surface area contributed by atoms with Crippen molar-refractivity contribution in [1.82, 2.24) is 4.57 Å². The lowest BCUT2D eigenvalue weighted by Crippen LogP contribution is -1.96. The Labute approximate surface area is 248 Å². The molecule has 0 unspecified atom stereocenters. The number of aromatic hydroxyl groups is 5. The van der Waals surface area contributed by atoms with Crippen molar-refractivity contribution in [1.29, 1.82) is 0 Å². The summed E-state index contributed by atoms with van der Waals surface area (Å²) in [4.78, 5) is 0. The van der Waals surface area contributed by atoms with Gasteiger partial charge in [0.2, 0.25) is 17.2 Å². The fourth-order valence-electron chi connectivity index (χ4n) is 7.13. The van der Waals surface area contributed by atoms with Crippen LogP contribution < -0.4 is 0 Å². The van der Waals surface area contributed by atoms with Gasteiger partial charge in [0.25, 0.3) is 0 Å². The summed E-state index contributed by atoms with van der Waals surface area (Å²) in [5.74, 6) is -4.35. The second-order valence-electron chi connectivity index (χ2n) is 11.3. The largest absolute Gasteiger partial charge is 0.503 e. The third-order valence-corrected chi connectivity index (χ3v) is 9.03. The van der Waals surface area contributed by atoms with Crippen LogP contribution in [-0.4, -0.2) is 30.1 Å². The van der Waals surface area contributed by atoms with Crippen molar-refractivity contribution in [3.8, 4) is 45.6 Å². The van der Waals surface area contributed by atoms with Gasteiger partial charge in [0.1, 0.15) is 16.9 Å². The van der Waals surface area contributed by atoms with Gasteiger partial charge >= 0.3 is 0 Å². The van der Waals surface area contributed by atoms with Crippen molar-refractivity contribution >= 4 is 65.3 Å². The van der Waals surface area contributed by atoms with E-state index in [4.69, 9.17) is 4.42 Å². The van der Waals surface area contributed by atoms with Crippen molar-refractivity contribution in [3.63, 3.8) is 0 Å². The Morgan fingerprint density at radius 2 is 1.16 bits per heavy atom. The second kappa shape index (κ2) is 8.26. The monoisotopic (exact) mass is 577 g/mol. The van der Waals surface area contributed by atoms with Gasteiger partial charge in [-0.3, -0.25) is 0 Å². The molecule has 7 nitrogen and oxygen atoms in total. The number of furan rings is 1. The maximum Gasteiger partial charge on any atom is 0.208 e. The molecule has 0 aliphatic heterocycles. The molecule has 7 aromatic carbocycles. The molecule has 0 amide bonds. The number of rotatable bonds is 2. The van der Waals surface area contributed by atoms with Gasteiger partial charge in [-0.25, -0.2) is 0 Å². The first kappa shape index (κ1) is 24.5. The second-order valence-corrected chi connectivity index (χ2v) is 11.3. The van der Waals surface area contributed by atoms with Gasteiger partial charge in [0, 0.05) is 26.9 Å². The normalized spacial score (nSPS) is 12.2. The zero-order chi connectivity index (χ0) is 30.0. The van der Waals surface area contributed by atoms with Gasteiger partial charge in [-0.1, -0.05) is 60.7 Å². The van der Waals surface area contributed by atoms with E-state index in [1.807, 2.05) is 60.7 Å². The quantitative estimate of drug-likeness (QED) is 0.0795. The van der Waals surface area contributed by atoms with Crippen LogP contribution in [0.2, 0.25) is 0 Å². The van der Waals surface area contributed by atoms with Crippen LogP contribution >= 0.6 is 0 Å². The number of aryl methyl sites for hydroxylation is 1. The fraction of sp³-hybridized carbons (Fsp3) is 0.0270. The van der Waals surface area contributed by atoms with E-state index in [1.54, 1.807) is 4.57 Å². The van der Waals surface area contributed by atoms with Gasteiger partial charge in [0.15, 0.2) is 11.5 Å². The number of aromatic nitrogens is 1. The lowest BCUT2D eigenvalue weighted by atomic mass is 9.89. The number of nitrogens with zero attached hydrogens (tertiary/aromatic N) is 1. The predicted octanol–water partition coefficient (Wildman–Crippen LogP) is 8.93. The minimum atomic E-state index is -0.998. The van der Waals surface area contributed by atoms with E-state index < -0.39 is 28.7 Å². The standard InChI is InChI=1S/C37H23NO6/c1-17-6-4-11-27-28(17)23-16-18(12-15-26(23)44-27)19-13-14-25-31-29(19)21-8-3-2-7-20(21)22-9-5-10-24(30(22)31)38(25)32-33(39)35(41)37(43)36(42)34(32)40/h2-16,39-43H,1H3. The SMILES string of the molecule is Cc1cccc2oc3ccc(-c4ccc5c6c4c4ccccc4c4cccc(c46)n5-c4c(O)c(O)c(O)c(O)c4O)cc3c12. The van der Waals surface area contributed by atoms with Crippen molar-refractivity contribution in [2.45, 2.75) is 6.92 Å². The summed E-state index contributed by atoms with van der Waals surface area (Å²) in [5.41, 5.74) is 5.83. The van der Waals surface area contributed by atoms with E-state index in [9.17, 15) is 25.5 Å². The van der Waals surface area contributed by atoms with Gasteiger partial charge in [-0.2, -0.15) is 0 Å². The Kier molecular flexibility index (Phi) is 4.60. The van der Waals surface area contributed by atoms with Crippen LogP contribution in [0, 0.1) is 6.92 Å². The van der Waals surface area contributed by atoms with Crippen molar-refractivity contribution in [2.75, 3.05) is 0 Å². The van der Waals surface area contributed by atoms with Crippen LogP contribution in [0.25, 0.3) is 82.1 Å². The average Bonchev–Trinajstić information content (AvgIpc) is 3.59. The summed E-state index contributed by atoms with van der Waals surface area (Å²) in [6, 6.07) is 30.2. The Bertz CT molecular complexity index is 2650. The highest BCUT2D eigenvalue weighted by molar-refractivity contribution is 6.37.